The molecular weight excluding hydrogens is 480 g/mol. The first-order chi connectivity index (χ1) is 29.4. The standard InChI is InChI=1S/C40H26/c1-2-13-28(14-3-1)39-35-16-6-8-18-37(35)40(38-19-9-7-17-36(38)39)34-23-11-21-32-31(20-10-22-33(32)34)30-25-24-27-12-4-5-15-29(27)26-30/h1-26H/i1D,2D,3D,4D,5D,6D,7D,8D,9D,11D,12D,13D,14D,15D,16D,17D,18D,19D,21D,23D,24D,25D,26D. The summed E-state index contributed by atoms with van der Waals surface area (Å²) < 4.78 is 203. The van der Waals surface area contributed by atoms with Gasteiger partial charge < -0.3 is 0 Å². The van der Waals surface area contributed by atoms with Crippen molar-refractivity contribution in [2.45, 2.75) is 0 Å². The zero-order valence-corrected chi connectivity index (χ0v) is 20.2. The molecule has 0 amide bonds. The van der Waals surface area contributed by atoms with E-state index >= 15 is 0 Å². The minimum absolute atomic E-state index is 0.183. The predicted molar refractivity (Wildman–Crippen MR) is 173 cm³/mol. The molecule has 0 fully saturated rings. The van der Waals surface area contributed by atoms with Gasteiger partial charge in [0.25, 0.3) is 0 Å². The molecule has 0 unspecified atom stereocenters. The molecule has 0 radical (unpaired) electrons. The van der Waals surface area contributed by atoms with E-state index in [1.807, 2.05) is 0 Å². The van der Waals surface area contributed by atoms with Crippen molar-refractivity contribution in [1.82, 2.24) is 0 Å². The second-order valence-corrected chi connectivity index (χ2v) is 8.73. The molecule has 0 aromatic heterocycles. The van der Waals surface area contributed by atoms with Gasteiger partial charge in [0.1, 0.15) is 0 Å². The first kappa shape index (κ1) is 9.47. The lowest BCUT2D eigenvalue weighted by molar-refractivity contribution is 1.65. The number of rotatable bonds is 3. The van der Waals surface area contributed by atoms with Crippen molar-refractivity contribution >= 4 is 43.1 Å². The van der Waals surface area contributed by atoms with Gasteiger partial charge >= 0.3 is 0 Å². The van der Waals surface area contributed by atoms with E-state index in [0.717, 1.165) is 0 Å². The summed E-state index contributed by atoms with van der Waals surface area (Å²) in [5, 5.41) is -3.53. The van der Waals surface area contributed by atoms with Crippen LogP contribution in [0.25, 0.3) is 76.5 Å². The molecule has 40 heavy (non-hydrogen) atoms. The molecule has 0 aliphatic rings. The Hall–Kier alpha value is -5.20. The van der Waals surface area contributed by atoms with Crippen molar-refractivity contribution in [3.05, 3.63) is 157 Å². The Kier molecular flexibility index (Phi) is 2.18. The molecular formula is C40H26. The van der Waals surface area contributed by atoms with Crippen molar-refractivity contribution in [3.8, 4) is 33.4 Å². The molecule has 8 aromatic rings. The Morgan fingerprint density at radius 3 is 1.68 bits per heavy atom. The highest BCUT2D eigenvalue weighted by Gasteiger charge is 2.18. The smallest absolute Gasteiger partial charge is 0.0622 e. The Balaban J connectivity index is 1.70. The maximum atomic E-state index is 9.40. The van der Waals surface area contributed by atoms with Crippen LogP contribution in [0.15, 0.2) is 157 Å². The molecule has 0 N–H and O–H groups in total. The Morgan fingerprint density at radius 1 is 0.350 bits per heavy atom. The summed E-state index contributed by atoms with van der Waals surface area (Å²) in [6, 6.07) is -14.3. The highest BCUT2D eigenvalue weighted by Crippen LogP contribution is 2.46. The second kappa shape index (κ2) is 9.22. The van der Waals surface area contributed by atoms with Crippen molar-refractivity contribution in [1.29, 1.82) is 0 Å². The van der Waals surface area contributed by atoms with Crippen molar-refractivity contribution in [2.24, 2.45) is 0 Å². The SMILES string of the molecule is [2H]c1c([2H])c([2H])c(-c2c3c([2H])c([2H])c([2H])c([2H])c3c(-c3c([2H])c([2H])c([2H])c4c(-c5c([2H])c([2H])c6c([2H])c([2H])c([2H])c([2H])c6c5[2H])cccc34)c3c([2H])c([2H])c([2H])c([2H])c23)c([2H])c1[2H]. The lowest BCUT2D eigenvalue weighted by Crippen LogP contribution is -1.92. The summed E-state index contributed by atoms with van der Waals surface area (Å²) in [5.74, 6) is 0. The van der Waals surface area contributed by atoms with Crippen molar-refractivity contribution in [2.75, 3.05) is 0 Å². The summed E-state index contributed by atoms with van der Waals surface area (Å²) in [5.41, 5.74) is -2.75. The van der Waals surface area contributed by atoms with Crippen LogP contribution in [-0.4, -0.2) is 0 Å². The van der Waals surface area contributed by atoms with E-state index in [2.05, 4.69) is 0 Å². The van der Waals surface area contributed by atoms with Gasteiger partial charge in [-0.1, -0.05) is 151 Å². The molecule has 0 atom stereocenters. The molecule has 8 rings (SSSR count). The van der Waals surface area contributed by atoms with Gasteiger partial charge in [0.2, 0.25) is 0 Å². The maximum Gasteiger partial charge on any atom is 0.0636 e. The second-order valence-electron chi connectivity index (χ2n) is 8.73. The zero-order valence-electron chi connectivity index (χ0n) is 43.2. The number of hydrogen-bond acceptors (Lipinski definition) is 0. The molecule has 0 heterocycles. The van der Waals surface area contributed by atoms with E-state index in [9.17, 15) is 9.60 Å². The zero-order chi connectivity index (χ0) is 46.5. The molecule has 186 valence electrons. The van der Waals surface area contributed by atoms with Crippen molar-refractivity contribution < 1.29 is 31.5 Å². The largest absolute Gasteiger partial charge is 0.0636 e. The molecule has 0 heteroatoms. The maximum absolute atomic E-state index is 9.40. The molecule has 0 spiro atoms. The molecule has 0 nitrogen and oxygen atoms in total. The summed E-state index contributed by atoms with van der Waals surface area (Å²) >= 11 is 0. The van der Waals surface area contributed by atoms with Crippen LogP contribution < -0.4 is 0 Å². The highest BCUT2D eigenvalue weighted by molar-refractivity contribution is 6.24. The molecule has 0 bridgehead atoms. The van der Waals surface area contributed by atoms with Gasteiger partial charge in [-0.25, -0.2) is 0 Å². The van der Waals surface area contributed by atoms with Gasteiger partial charge in [0, 0.05) is 0 Å². The molecule has 0 aliphatic heterocycles. The lowest BCUT2D eigenvalue weighted by Gasteiger charge is -2.19. The van der Waals surface area contributed by atoms with Crippen LogP contribution in [0.4, 0.5) is 0 Å². The van der Waals surface area contributed by atoms with E-state index in [4.69, 9.17) is 21.9 Å². The third-order valence-electron chi connectivity index (χ3n) is 6.60. The highest BCUT2D eigenvalue weighted by atomic mass is 14.2. The van der Waals surface area contributed by atoms with E-state index in [-0.39, 0.29) is 16.3 Å². The fourth-order valence-electron chi connectivity index (χ4n) is 4.94. The molecule has 0 aliphatic carbocycles. The number of fused-ring (bicyclic) bond motifs is 4. The summed E-state index contributed by atoms with van der Waals surface area (Å²) in [6.45, 7) is 0. The van der Waals surface area contributed by atoms with Crippen LogP contribution in [-0.2, 0) is 0 Å². The van der Waals surface area contributed by atoms with Gasteiger partial charge in [-0.2, -0.15) is 0 Å². The Morgan fingerprint density at radius 2 is 0.950 bits per heavy atom. The summed E-state index contributed by atoms with van der Waals surface area (Å²) in [6.07, 6.45) is 0. The van der Waals surface area contributed by atoms with Gasteiger partial charge in [0.05, 0.1) is 31.5 Å². The third kappa shape index (κ3) is 3.54. The van der Waals surface area contributed by atoms with E-state index in [1.165, 1.54) is 18.2 Å². The molecule has 0 saturated carbocycles. The quantitative estimate of drug-likeness (QED) is 0.200. The van der Waals surface area contributed by atoms with Crippen LogP contribution in [0, 0.1) is 0 Å². The topological polar surface area (TPSA) is 0 Å². The lowest BCUT2D eigenvalue weighted by atomic mass is 9.84. The average Bonchev–Trinajstić information content (AvgIpc) is 3.26. The number of hydrogen-bond donors (Lipinski definition) is 0. The van der Waals surface area contributed by atoms with Crippen LogP contribution in [0.5, 0.6) is 0 Å². The fraction of sp³-hybridized carbons (Fsp3) is 0. The third-order valence-corrected chi connectivity index (χ3v) is 6.60. The minimum Gasteiger partial charge on any atom is -0.0622 e. The summed E-state index contributed by atoms with van der Waals surface area (Å²) in [7, 11) is 0. The minimum atomic E-state index is -0.875. The van der Waals surface area contributed by atoms with Crippen LogP contribution in [0.1, 0.15) is 31.5 Å². The molecule has 0 saturated heterocycles. The normalized spacial score (nSPS) is 19.6. The van der Waals surface area contributed by atoms with Crippen molar-refractivity contribution in [3.63, 3.8) is 0 Å². The summed E-state index contributed by atoms with van der Waals surface area (Å²) in [4.78, 5) is 0. The van der Waals surface area contributed by atoms with Crippen LogP contribution in [0.3, 0.4) is 0 Å². The van der Waals surface area contributed by atoms with E-state index in [0.29, 0.717) is 0 Å². The predicted octanol–water partition coefficient (Wildman–Crippen LogP) is 11.3. The first-order valence-electron chi connectivity index (χ1n) is 23.5. The Bertz CT molecular complexity index is 3370. The van der Waals surface area contributed by atoms with Gasteiger partial charge in [0.15, 0.2) is 0 Å². The van der Waals surface area contributed by atoms with Crippen LogP contribution >= 0.6 is 0 Å². The van der Waals surface area contributed by atoms with Crippen LogP contribution in [0.2, 0.25) is 0 Å². The van der Waals surface area contributed by atoms with E-state index < -0.39 is 199 Å². The molecule has 8 aromatic carbocycles. The monoisotopic (exact) mass is 529 g/mol. The van der Waals surface area contributed by atoms with Gasteiger partial charge in [-0.15, -0.1) is 0 Å². The number of benzene rings is 8. The fourth-order valence-corrected chi connectivity index (χ4v) is 4.94. The van der Waals surface area contributed by atoms with Gasteiger partial charge in [-0.05, 0) is 82.5 Å². The van der Waals surface area contributed by atoms with E-state index in [1.54, 1.807) is 0 Å². The average molecular weight is 530 g/mol. The van der Waals surface area contributed by atoms with Gasteiger partial charge in [-0.3, -0.25) is 0 Å². The first-order valence-corrected chi connectivity index (χ1v) is 12.0. The Labute approximate surface area is 266 Å².